The van der Waals surface area contributed by atoms with Gasteiger partial charge in [-0.15, -0.1) is 0 Å². The van der Waals surface area contributed by atoms with Crippen LogP contribution in [0.15, 0.2) is 66.7 Å². The van der Waals surface area contributed by atoms with Crippen molar-refractivity contribution in [3.8, 4) is 0 Å². The van der Waals surface area contributed by atoms with Crippen LogP contribution in [0.3, 0.4) is 0 Å². The first-order valence-corrected chi connectivity index (χ1v) is 8.83. The number of pyridine rings is 1. The Morgan fingerprint density at radius 2 is 1.36 bits per heavy atom. The summed E-state index contributed by atoms with van der Waals surface area (Å²) in [5.74, 6) is 0. The first-order chi connectivity index (χ1) is 12.1. The van der Waals surface area contributed by atoms with Gasteiger partial charge in [-0.3, -0.25) is 0 Å². The second-order valence-electron chi connectivity index (χ2n) is 6.01. The number of benzene rings is 3. The molecule has 25 heavy (non-hydrogen) atoms. The number of hydrogen-bond donors (Lipinski definition) is 0. The molecule has 0 aliphatic carbocycles. The van der Waals surface area contributed by atoms with Gasteiger partial charge < -0.3 is 0 Å². The third-order valence-corrected chi connectivity index (χ3v) is 5.07. The van der Waals surface area contributed by atoms with Crippen molar-refractivity contribution >= 4 is 57.2 Å². The number of rotatable bonds is 2. The van der Waals surface area contributed by atoms with Gasteiger partial charge >= 0.3 is 0 Å². The lowest BCUT2D eigenvalue weighted by molar-refractivity contribution is -0.617. The molecule has 0 fully saturated rings. The number of aryl methyl sites for hydroxylation is 1. The highest BCUT2D eigenvalue weighted by Gasteiger charge is 2.15. The van der Waals surface area contributed by atoms with Crippen molar-refractivity contribution in [1.29, 1.82) is 0 Å². The maximum absolute atomic E-state index is 6.32. The van der Waals surface area contributed by atoms with Gasteiger partial charge in [-0.2, -0.15) is 4.57 Å². The van der Waals surface area contributed by atoms with E-state index in [9.17, 15) is 0 Å². The van der Waals surface area contributed by atoms with Gasteiger partial charge in [0.1, 0.15) is 7.05 Å². The number of aromatic nitrogens is 1. The van der Waals surface area contributed by atoms with Gasteiger partial charge in [0.2, 0.25) is 11.0 Å². The van der Waals surface area contributed by atoms with E-state index < -0.39 is 0 Å². The SMILES string of the molecule is C[n+]1c2ccccc2c(/C=C/c2ccc(Cl)cc2Cl)c2ccccc21. The summed E-state index contributed by atoms with van der Waals surface area (Å²) in [6.45, 7) is 0. The smallest absolute Gasteiger partial charge is 0.194 e. The highest BCUT2D eigenvalue weighted by atomic mass is 35.5. The van der Waals surface area contributed by atoms with E-state index in [0.717, 1.165) is 5.56 Å². The highest BCUT2D eigenvalue weighted by molar-refractivity contribution is 6.35. The zero-order chi connectivity index (χ0) is 17.4. The number of nitrogens with zero attached hydrogens (tertiary/aromatic N) is 1. The van der Waals surface area contributed by atoms with Crippen molar-refractivity contribution in [2.24, 2.45) is 7.05 Å². The average molecular weight is 365 g/mol. The normalized spacial score (nSPS) is 11.6. The molecule has 1 nitrogen and oxygen atoms in total. The number of fused-ring (bicyclic) bond motifs is 2. The second-order valence-corrected chi connectivity index (χ2v) is 6.85. The molecule has 0 spiro atoms. The Hall–Kier alpha value is -2.35. The molecule has 3 aromatic carbocycles. The standard InChI is InChI=1S/C22H16Cl2N/c1-25-21-8-4-2-6-18(21)17(19-7-3-5-9-22(19)25)13-11-15-10-12-16(23)14-20(15)24/h2-14H,1H3/q+1/b13-11+. The van der Waals surface area contributed by atoms with Crippen LogP contribution >= 0.6 is 23.2 Å². The van der Waals surface area contributed by atoms with Crippen molar-refractivity contribution in [2.45, 2.75) is 0 Å². The molecule has 1 heterocycles. The Bertz CT molecular complexity index is 1070. The Morgan fingerprint density at radius 3 is 1.96 bits per heavy atom. The minimum atomic E-state index is 0.643. The van der Waals surface area contributed by atoms with Crippen molar-refractivity contribution in [3.05, 3.63) is 87.9 Å². The van der Waals surface area contributed by atoms with Gasteiger partial charge in [-0.25, -0.2) is 0 Å². The third-order valence-electron chi connectivity index (χ3n) is 4.50. The van der Waals surface area contributed by atoms with Crippen molar-refractivity contribution in [2.75, 3.05) is 0 Å². The van der Waals surface area contributed by atoms with Crippen LogP contribution in [0.1, 0.15) is 11.1 Å². The second kappa shape index (κ2) is 6.51. The minimum Gasteiger partial charge on any atom is -0.194 e. The molecule has 0 N–H and O–H groups in total. The van der Waals surface area contributed by atoms with E-state index in [0.29, 0.717) is 10.0 Å². The van der Waals surface area contributed by atoms with Crippen LogP contribution in [-0.2, 0) is 7.05 Å². The van der Waals surface area contributed by atoms with Crippen LogP contribution in [0.25, 0.3) is 34.0 Å². The summed E-state index contributed by atoms with van der Waals surface area (Å²) in [5.41, 5.74) is 4.54. The maximum Gasteiger partial charge on any atom is 0.213 e. The molecule has 0 amide bonds. The predicted molar refractivity (Wildman–Crippen MR) is 108 cm³/mol. The first kappa shape index (κ1) is 16.1. The zero-order valence-corrected chi connectivity index (χ0v) is 15.2. The van der Waals surface area contributed by atoms with E-state index in [1.807, 2.05) is 18.2 Å². The van der Waals surface area contributed by atoms with Crippen molar-refractivity contribution in [3.63, 3.8) is 0 Å². The third kappa shape index (κ3) is 2.90. The fourth-order valence-corrected chi connectivity index (χ4v) is 3.72. The van der Waals surface area contributed by atoms with E-state index in [2.05, 4.69) is 66.2 Å². The molecule has 0 atom stereocenters. The van der Waals surface area contributed by atoms with Gasteiger partial charge in [0.15, 0.2) is 0 Å². The molecule has 0 saturated heterocycles. The highest BCUT2D eigenvalue weighted by Crippen LogP contribution is 2.28. The summed E-state index contributed by atoms with van der Waals surface area (Å²) >= 11 is 12.3. The largest absolute Gasteiger partial charge is 0.213 e. The summed E-state index contributed by atoms with van der Waals surface area (Å²) in [4.78, 5) is 0. The molecule has 4 rings (SSSR count). The quantitative estimate of drug-likeness (QED) is 0.290. The lowest BCUT2D eigenvalue weighted by Gasteiger charge is -2.07. The summed E-state index contributed by atoms with van der Waals surface area (Å²) in [5, 5.41) is 3.72. The van der Waals surface area contributed by atoms with Gasteiger partial charge in [-0.1, -0.05) is 65.7 Å². The van der Waals surface area contributed by atoms with E-state index in [4.69, 9.17) is 23.2 Å². The predicted octanol–water partition coefficient (Wildman–Crippen LogP) is 6.29. The van der Waals surface area contributed by atoms with Crippen molar-refractivity contribution < 1.29 is 4.57 Å². The fraction of sp³-hybridized carbons (Fsp3) is 0.0455. The molecule has 0 saturated carbocycles. The van der Waals surface area contributed by atoms with Crippen LogP contribution in [0.2, 0.25) is 10.0 Å². The molecule has 4 aromatic rings. The number of hydrogen-bond acceptors (Lipinski definition) is 0. The Balaban J connectivity index is 1.99. The molecular formula is C22H16Cl2N+. The molecule has 0 aliphatic rings. The Labute approximate surface area is 156 Å². The lowest BCUT2D eigenvalue weighted by Crippen LogP contribution is -2.30. The number of para-hydroxylation sites is 2. The molecule has 0 bridgehead atoms. The summed E-state index contributed by atoms with van der Waals surface area (Å²) < 4.78 is 2.23. The minimum absolute atomic E-state index is 0.643. The summed E-state index contributed by atoms with van der Waals surface area (Å²) in [7, 11) is 2.11. The number of halogens is 2. The van der Waals surface area contributed by atoms with Crippen LogP contribution in [0, 0.1) is 0 Å². The maximum atomic E-state index is 6.32. The summed E-state index contributed by atoms with van der Waals surface area (Å²) in [6.07, 6.45) is 4.19. The Kier molecular flexibility index (Phi) is 4.20. The Morgan fingerprint density at radius 1 is 0.760 bits per heavy atom. The van der Waals surface area contributed by atoms with Gasteiger partial charge in [0.05, 0.1) is 10.8 Å². The van der Waals surface area contributed by atoms with E-state index in [-0.39, 0.29) is 0 Å². The molecule has 3 heteroatoms. The van der Waals surface area contributed by atoms with E-state index in [1.54, 1.807) is 6.07 Å². The van der Waals surface area contributed by atoms with Gasteiger partial charge in [-0.05, 0) is 29.8 Å². The van der Waals surface area contributed by atoms with Crippen molar-refractivity contribution in [1.82, 2.24) is 0 Å². The fourth-order valence-electron chi connectivity index (χ4n) is 3.25. The van der Waals surface area contributed by atoms with Gasteiger partial charge in [0, 0.05) is 27.7 Å². The average Bonchev–Trinajstić information content (AvgIpc) is 2.63. The van der Waals surface area contributed by atoms with Crippen LogP contribution in [0.5, 0.6) is 0 Å². The molecule has 1 aromatic heterocycles. The first-order valence-electron chi connectivity index (χ1n) is 8.08. The molecule has 0 unspecified atom stereocenters. The van der Waals surface area contributed by atoms with Gasteiger partial charge in [0.25, 0.3) is 0 Å². The molecular weight excluding hydrogens is 349 g/mol. The molecule has 0 aliphatic heterocycles. The topological polar surface area (TPSA) is 3.88 Å². The van der Waals surface area contributed by atoms with Crippen LogP contribution in [0.4, 0.5) is 0 Å². The monoisotopic (exact) mass is 364 g/mol. The van der Waals surface area contributed by atoms with E-state index >= 15 is 0 Å². The van der Waals surface area contributed by atoms with E-state index in [1.165, 1.54) is 27.4 Å². The van der Waals surface area contributed by atoms with Crippen LogP contribution in [-0.4, -0.2) is 0 Å². The summed E-state index contributed by atoms with van der Waals surface area (Å²) in [6, 6.07) is 22.5. The molecule has 122 valence electrons. The van der Waals surface area contributed by atoms with Crippen LogP contribution < -0.4 is 4.57 Å². The lowest BCUT2D eigenvalue weighted by atomic mass is 10.0. The molecule has 0 radical (unpaired) electrons. The zero-order valence-electron chi connectivity index (χ0n) is 13.7.